The number of aromatic nitrogens is 1. The first-order chi connectivity index (χ1) is 7.13. The standard InChI is InChI=1S/C12H20BrNOSi/c1-9-7-8-10(14-11(9)13)15-16(5,6)12(2,3)4/h7-8H,1-6H3. The zero-order valence-corrected chi connectivity index (χ0v) is 13.5. The van der Waals surface area contributed by atoms with Gasteiger partial charge in [0.25, 0.3) is 8.32 Å². The van der Waals surface area contributed by atoms with Crippen LogP contribution in [0, 0.1) is 6.92 Å². The van der Waals surface area contributed by atoms with E-state index in [4.69, 9.17) is 4.43 Å². The van der Waals surface area contributed by atoms with E-state index < -0.39 is 8.32 Å². The summed E-state index contributed by atoms with van der Waals surface area (Å²) in [6.07, 6.45) is 0. The fourth-order valence-corrected chi connectivity index (χ4v) is 2.21. The predicted octanol–water partition coefficient (Wildman–Crippen LogP) is 4.54. The van der Waals surface area contributed by atoms with Crippen LogP contribution in [0.4, 0.5) is 0 Å². The molecule has 0 fully saturated rings. The van der Waals surface area contributed by atoms with E-state index in [1.807, 2.05) is 19.1 Å². The van der Waals surface area contributed by atoms with Gasteiger partial charge < -0.3 is 4.43 Å². The number of halogens is 1. The van der Waals surface area contributed by atoms with Crippen LogP contribution in [-0.2, 0) is 0 Å². The van der Waals surface area contributed by atoms with Crippen LogP contribution >= 0.6 is 15.9 Å². The first-order valence-corrected chi connectivity index (χ1v) is 9.16. The second-order valence-corrected chi connectivity index (χ2v) is 11.1. The van der Waals surface area contributed by atoms with E-state index >= 15 is 0 Å². The van der Waals surface area contributed by atoms with Crippen molar-refractivity contribution in [2.24, 2.45) is 0 Å². The Balaban J connectivity index is 2.93. The summed E-state index contributed by atoms with van der Waals surface area (Å²) < 4.78 is 6.96. The monoisotopic (exact) mass is 301 g/mol. The number of nitrogens with zero attached hydrogens (tertiary/aromatic N) is 1. The Labute approximate surface area is 108 Å². The maximum atomic E-state index is 6.10. The molecule has 0 unspecified atom stereocenters. The van der Waals surface area contributed by atoms with E-state index in [1.165, 1.54) is 0 Å². The average Bonchev–Trinajstić information content (AvgIpc) is 2.09. The molecule has 0 aliphatic carbocycles. The Morgan fingerprint density at radius 2 is 1.81 bits per heavy atom. The van der Waals surface area contributed by atoms with Gasteiger partial charge in [0.15, 0.2) is 0 Å². The minimum absolute atomic E-state index is 0.200. The lowest BCUT2D eigenvalue weighted by atomic mass is 10.2. The average molecular weight is 302 g/mol. The lowest BCUT2D eigenvalue weighted by molar-refractivity contribution is 0.475. The van der Waals surface area contributed by atoms with Crippen LogP contribution in [0.5, 0.6) is 5.88 Å². The largest absolute Gasteiger partial charge is 0.531 e. The molecule has 0 bridgehead atoms. The van der Waals surface area contributed by atoms with Gasteiger partial charge in [-0.25, -0.2) is 4.98 Å². The molecule has 0 aliphatic rings. The second kappa shape index (κ2) is 4.49. The number of aryl methyl sites for hydroxylation is 1. The summed E-state index contributed by atoms with van der Waals surface area (Å²) in [5, 5.41) is 0.200. The zero-order valence-electron chi connectivity index (χ0n) is 10.9. The molecular weight excluding hydrogens is 282 g/mol. The van der Waals surface area contributed by atoms with Crippen molar-refractivity contribution in [1.82, 2.24) is 4.98 Å². The minimum Gasteiger partial charge on any atom is -0.531 e. The molecule has 90 valence electrons. The summed E-state index contributed by atoms with van der Waals surface area (Å²) in [6, 6.07) is 3.97. The van der Waals surface area contributed by atoms with Crippen molar-refractivity contribution < 1.29 is 4.43 Å². The SMILES string of the molecule is Cc1ccc(O[Si](C)(C)C(C)(C)C)nc1Br. The Kier molecular flexibility index (Phi) is 3.85. The van der Waals surface area contributed by atoms with E-state index in [2.05, 4.69) is 54.8 Å². The first-order valence-electron chi connectivity index (χ1n) is 5.46. The molecule has 0 atom stereocenters. The molecule has 1 rings (SSSR count). The van der Waals surface area contributed by atoms with Crippen molar-refractivity contribution in [1.29, 1.82) is 0 Å². The van der Waals surface area contributed by atoms with Crippen molar-refractivity contribution in [3.8, 4) is 5.88 Å². The van der Waals surface area contributed by atoms with Gasteiger partial charge in [-0.1, -0.05) is 26.8 Å². The van der Waals surface area contributed by atoms with Crippen molar-refractivity contribution >= 4 is 24.2 Å². The Morgan fingerprint density at radius 1 is 1.25 bits per heavy atom. The van der Waals surface area contributed by atoms with E-state index in [1.54, 1.807) is 0 Å². The second-order valence-electron chi connectivity index (χ2n) is 5.62. The van der Waals surface area contributed by atoms with Crippen LogP contribution in [0.2, 0.25) is 18.1 Å². The van der Waals surface area contributed by atoms with Crippen LogP contribution < -0.4 is 4.43 Å². The van der Waals surface area contributed by atoms with Gasteiger partial charge in [-0.2, -0.15) is 0 Å². The third-order valence-corrected chi connectivity index (χ3v) is 8.31. The third kappa shape index (κ3) is 3.07. The van der Waals surface area contributed by atoms with Crippen LogP contribution in [0.15, 0.2) is 16.7 Å². The van der Waals surface area contributed by atoms with Gasteiger partial charge in [-0.05, 0) is 52.6 Å². The van der Waals surface area contributed by atoms with Crippen LogP contribution in [0.3, 0.4) is 0 Å². The Hall–Kier alpha value is -0.353. The summed E-state index contributed by atoms with van der Waals surface area (Å²) in [6.45, 7) is 13.1. The topological polar surface area (TPSA) is 22.1 Å². The fourth-order valence-electron chi connectivity index (χ4n) is 0.959. The Bertz CT molecular complexity index is 385. The number of hydrogen-bond donors (Lipinski definition) is 0. The zero-order chi connectivity index (χ0) is 12.6. The predicted molar refractivity (Wildman–Crippen MR) is 74.5 cm³/mol. The van der Waals surface area contributed by atoms with Crippen molar-refractivity contribution in [2.45, 2.75) is 45.8 Å². The van der Waals surface area contributed by atoms with Gasteiger partial charge in [0.05, 0.1) is 0 Å². The van der Waals surface area contributed by atoms with Gasteiger partial charge in [-0.15, -0.1) is 0 Å². The summed E-state index contributed by atoms with van der Waals surface area (Å²) in [4.78, 5) is 4.40. The highest BCUT2D eigenvalue weighted by Crippen LogP contribution is 2.37. The third-order valence-electron chi connectivity index (χ3n) is 3.18. The molecule has 0 N–H and O–H groups in total. The van der Waals surface area contributed by atoms with Crippen LogP contribution in [-0.4, -0.2) is 13.3 Å². The molecular formula is C12H20BrNOSi. The maximum Gasteiger partial charge on any atom is 0.252 e. The molecule has 0 saturated carbocycles. The van der Waals surface area contributed by atoms with Gasteiger partial charge in [0.1, 0.15) is 4.60 Å². The molecule has 1 aromatic heterocycles. The van der Waals surface area contributed by atoms with Gasteiger partial charge >= 0.3 is 0 Å². The van der Waals surface area contributed by atoms with E-state index in [0.29, 0.717) is 0 Å². The molecule has 1 aromatic rings. The summed E-state index contributed by atoms with van der Waals surface area (Å²) in [5.74, 6) is 0.726. The van der Waals surface area contributed by atoms with Crippen LogP contribution in [0.1, 0.15) is 26.3 Å². The molecule has 0 aliphatic heterocycles. The highest BCUT2D eigenvalue weighted by atomic mass is 79.9. The molecule has 4 heteroatoms. The van der Waals surface area contributed by atoms with Crippen LogP contribution in [0.25, 0.3) is 0 Å². The molecule has 0 saturated heterocycles. The normalized spacial score (nSPS) is 12.7. The molecule has 0 amide bonds. The molecule has 2 nitrogen and oxygen atoms in total. The number of hydrogen-bond acceptors (Lipinski definition) is 2. The van der Waals surface area contributed by atoms with Gasteiger partial charge in [0, 0.05) is 0 Å². The molecule has 0 aromatic carbocycles. The van der Waals surface area contributed by atoms with Crippen molar-refractivity contribution in [2.75, 3.05) is 0 Å². The van der Waals surface area contributed by atoms with Gasteiger partial charge in [-0.3, -0.25) is 0 Å². The minimum atomic E-state index is -1.77. The maximum absolute atomic E-state index is 6.10. The smallest absolute Gasteiger partial charge is 0.252 e. The molecule has 1 heterocycles. The molecule has 16 heavy (non-hydrogen) atoms. The van der Waals surface area contributed by atoms with E-state index in [-0.39, 0.29) is 5.04 Å². The quantitative estimate of drug-likeness (QED) is 0.591. The number of pyridine rings is 1. The fraction of sp³-hybridized carbons (Fsp3) is 0.583. The Morgan fingerprint density at radius 3 is 2.25 bits per heavy atom. The molecule has 0 radical (unpaired) electrons. The highest BCUT2D eigenvalue weighted by molar-refractivity contribution is 9.10. The number of rotatable bonds is 2. The first kappa shape index (κ1) is 13.7. The van der Waals surface area contributed by atoms with E-state index in [9.17, 15) is 0 Å². The summed E-state index contributed by atoms with van der Waals surface area (Å²) >= 11 is 3.43. The lowest BCUT2D eigenvalue weighted by Crippen LogP contribution is -2.44. The van der Waals surface area contributed by atoms with E-state index in [0.717, 1.165) is 16.0 Å². The summed E-state index contributed by atoms with van der Waals surface area (Å²) in [5.41, 5.74) is 1.13. The highest BCUT2D eigenvalue weighted by Gasteiger charge is 2.39. The summed E-state index contributed by atoms with van der Waals surface area (Å²) in [7, 11) is -1.77. The van der Waals surface area contributed by atoms with Gasteiger partial charge in [0.2, 0.25) is 5.88 Å². The van der Waals surface area contributed by atoms with Crippen molar-refractivity contribution in [3.05, 3.63) is 22.3 Å². The van der Waals surface area contributed by atoms with Crippen molar-refractivity contribution in [3.63, 3.8) is 0 Å². The molecule has 0 spiro atoms. The lowest BCUT2D eigenvalue weighted by Gasteiger charge is -2.35.